The van der Waals surface area contributed by atoms with Gasteiger partial charge in [0, 0.05) is 16.2 Å². The van der Waals surface area contributed by atoms with Crippen LogP contribution in [0.4, 0.5) is 4.39 Å². The molecule has 0 amide bonds. The maximum atomic E-state index is 13.7. The molecule has 0 aliphatic rings. The molecule has 1 aromatic heterocycles. The van der Waals surface area contributed by atoms with Gasteiger partial charge in [0.25, 0.3) is 0 Å². The number of hydrogen-bond donors (Lipinski definition) is 2. The lowest BCUT2D eigenvalue weighted by molar-refractivity contribution is 0.555. The molecule has 1 atom stereocenters. The Bertz CT molecular complexity index is 560. The van der Waals surface area contributed by atoms with Crippen molar-refractivity contribution in [3.8, 4) is 0 Å². The van der Waals surface area contributed by atoms with Crippen molar-refractivity contribution in [2.24, 2.45) is 5.84 Å². The van der Waals surface area contributed by atoms with Crippen molar-refractivity contribution in [1.29, 1.82) is 0 Å². The third-order valence-electron chi connectivity index (χ3n) is 2.81. The smallest absolute Gasteiger partial charge is 0.146 e. The number of aromatic nitrogens is 1. The minimum absolute atomic E-state index is 0.378. The van der Waals surface area contributed by atoms with Crippen LogP contribution in [-0.4, -0.2) is 4.98 Å². The minimum Gasteiger partial charge on any atom is -0.271 e. The monoisotopic (exact) mass is 309 g/mol. The summed E-state index contributed by atoms with van der Waals surface area (Å²) in [5.74, 6) is 5.16. The van der Waals surface area contributed by atoms with Gasteiger partial charge >= 0.3 is 0 Å². The maximum absolute atomic E-state index is 13.7. The first-order valence-electron chi connectivity index (χ1n) is 5.45. The zero-order valence-corrected chi connectivity index (χ0v) is 11.4. The lowest BCUT2D eigenvalue weighted by Crippen LogP contribution is -2.29. The van der Waals surface area contributed by atoms with Crippen LogP contribution < -0.4 is 11.3 Å². The number of nitrogens with zero attached hydrogens (tertiary/aromatic N) is 1. The predicted molar refractivity (Wildman–Crippen MR) is 72.2 cm³/mol. The predicted octanol–water partition coefficient (Wildman–Crippen LogP) is 2.84. The first-order valence-corrected chi connectivity index (χ1v) is 6.24. The molecule has 2 aromatic rings. The van der Waals surface area contributed by atoms with Crippen LogP contribution in [0.2, 0.25) is 0 Å². The Morgan fingerprint density at radius 1 is 1.39 bits per heavy atom. The van der Waals surface area contributed by atoms with Crippen molar-refractivity contribution in [3.63, 3.8) is 0 Å². The van der Waals surface area contributed by atoms with Gasteiger partial charge < -0.3 is 0 Å². The van der Waals surface area contributed by atoms with Gasteiger partial charge in [0.1, 0.15) is 5.82 Å². The van der Waals surface area contributed by atoms with E-state index in [1.807, 2.05) is 25.1 Å². The number of benzene rings is 1. The van der Waals surface area contributed by atoms with Gasteiger partial charge in [-0.25, -0.2) is 9.82 Å². The van der Waals surface area contributed by atoms with Gasteiger partial charge in [-0.1, -0.05) is 28.1 Å². The quantitative estimate of drug-likeness (QED) is 0.677. The van der Waals surface area contributed by atoms with Gasteiger partial charge in [-0.15, -0.1) is 0 Å². The van der Waals surface area contributed by atoms with Gasteiger partial charge in [0.15, 0.2) is 0 Å². The van der Waals surface area contributed by atoms with E-state index in [0.29, 0.717) is 5.56 Å². The molecule has 5 heteroatoms. The molecule has 18 heavy (non-hydrogen) atoms. The number of pyridine rings is 1. The fourth-order valence-corrected chi connectivity index (χ4v) is 2.17. The number of rotatable bonds is 3. The molecule has 0 saturated carbocycles. The first kappa shape index (κ1) is 13.1. The molecule has 1 heterocycles. The Morgan fingerprint density at radius 2 is 2.17 bits per heavy atom. The lowest BCUT2D eigenvalue weighted by atomic mass is 9.99. The highest BCUT2D eigenvalue weighted by atomic mass is 79.9. The molecule has 2 rings (SSSR count). The van der Waals surface area contributed by atoms with Crippen molar-refractivity contribution in [2.45, 2.75) is 13.0 Å². The average molecular weight is 310 g/mol. The van der Waals surface area contributed by atoms with Crippen LogP contribution >= 0.6 is 15.9 Å². The second-order valence-electron chi connectivity index (χ2n) is 4.01. The van der Waals surface area contributed by atoms with Crippen LogP contribution in [0.3, 0.4) is 0 Å². The molecular formula is C13H13BrFN3. The first-order chi connectivity index (χ1) is 8.63. The number of hydrogen-bond acceptors (Lipinski definition) is 3. The molecule has 0 bridgehead atoms. The van der Waals surface area contributed by atoms with Crippen LogP contribution in [0.1, 0.15) is 22.7 Å². The molecule has 0 aliphatic heterocycles. The Hall–Kier alpha value is -1.30. The molecule has 3 N–H and O–H groups in total. The Morgan fingerprint density at radius 3 is 2.78 bits per heavy atom. The SMILES string of the molecule is Cc1ccc(C(NN)c2ccncc2F)cc1Br. The lowest BCUT2D eigenvalue weighted by Gasteiger charge is -2.18. The number of hydrazine groups is 1. The van der Waals surface area contributed by atoms with Gasteiger partial charge in [0.2, 0.25) is 0 Å². The van der Waals surface area contributed by atoms with Crippen LogP contribution in [0, 0.1) is 12.7 Å². The molecule has 0 saturated heterocycles. The Labute approximate surface area is 113 Å². The van der Waals surface area contributed by atoms with Crippen LogP contribution in [-0.2, 0) is 0 Å². The molecule has 0 radical (unpaired) electrons. The second kappa shape index (κ2) is 5.56. The highest BCUT2D eigenvalue weighted by molar-refractivity contribution is 9.10. The minimum atomic E-state index is -0.398. The summed E-state index contributed by atoms with van der Waals surface area (Å²) in [7, 11) is 0. The summed E-state index contributed by atoms with van der Waals surface area (Å²) in [6.45, 7) is 1.99. The molecular weight excluding hydrogens is 297 g/mol. The highest BCUT2D eigenvalue weighted by Crippen LogP contribution is 2.27. The van der Waals surface area contributed by atoms with Crippen molar-refractivity contribution >= 4 is 15.9 Å². The van der Waals surface area contributed by atoms with Crippen molar-refractivity contribution in [1.82, 2.24) is 10.4 Å². The number of halogens is 2. The van der Waals surface area contributed by atoms with Crippen molar-refractivity contribution in [2.75, 3.05) is 0 Å². The normalized spacial score (nSPS) is 12.4. The van der Waals surface area contributed by atoms with E-state index in [1.165, 1.54) is 6.20 Å². The van der Waals surface area contributed by atoms with E-state index in [-0.39, 0.29) is 5.82 Å². The standard InChI is InChI=1S/C13H13BrFN3/c1-8-2-3-9(6-11(8)14)13(18-16)10-4-5-17-7-12(10)15/h2-7,13,18H,16H2,1H3. The summed E-state index contributed by atoms with van der Waals surface area (Å²) in [4.78, 5) is 3.73. The van der Waals surface area contributed by atoms with E-state index in [2.05, 4.69) is 26.3 Å². The van der Waals surface area contributed by atoms with Gasteiger partial charge in [-0.05, 0) is 30.2 Å². The van der Waals surface area contributed by atoms with Crippen LogP contribution in [0.25, 0.3) is 0 Å². The number of nitrogens with two attached hydrogens (primary N) is 1. The zero-order chi connectivity index (χ0) is 13.1. The van der Waals surface area contributed by atoms with Crippen molar-refractivity contribution in [3.05, 3.63) is 63.6 Å². The third kappa shape index (κ3) is 2.58. The van der Waals surface area contributed by atoms with E-state index >= 15 is 0 Å². The maximum Gasteiger partial charge on any atom is 0.146 e. The molecule has 1 unspecified atom stereocenters. The molecule has 0 aliphatic carbocycles. The van der Waals surface area contributed by atoms with Gasteiger partial charge in [-0.3, -0.25) is 10.8 Å². The summed E-state index contributed by atoms with van der Waals surface area (Å²) in [6.07, 6.45) is 2.73. The number of aryl methyl sites for hydroxylation is 1. The second-order valence-corrected chi connectivity index (χ2v) is 4.86. The van der Waals surface area contributed by atoms with E-state index in [0.717, 1.165) is 15.6 Å². The molecule has 94 valence electrons. The summed E-state index contributed by atoms with van der Waals surface area (Å²) < 4.78 is 14.7. The summed E-state index contributed by atoms with van der Waals surface area (Å²) >= 11 is 3.46. The molecule has 1 aromatic carbocycles. The fourth-order valence-electron chi connectivity index (χ4n) is 1.77. The Balaban J connectivity index is 2.45. The van der Waals surface area contributed by atoms with Gasteiger partial charge in [0.05, 0.1) is 12.2 Å². The largest absolute Gasteiger partial charge is 0.271 e. The summed E-state index contributed by atoms with van der Waals surface area (Å²) in [5, 5.41) is 0. The van der Waals surface area contributed by atoms with Gasteiger partial charge in [-0.2, -0.15) is 0 Å². The third-order valence-corrected chi connectivity index (χ3v) is 3.67. The van der Waals surface area contributed by atoms with Crippen LogP contribution in [0.5, 0.6) is 0 Å². The van der Waals surface area contributed by atoms with E-state index in [4.69, 9.17) is 5.84 Å². The Kier molecular flexibility index (Phi) is 4.06. The van der Waals surface area contributed by atoms with Crippen molar-refractivity contribution < 1.29 is 4.39 Å². The van der Waals surface area contributed by atoms with E-state index < -0.39 is 6.04 Å². The molecule has 3 nitrogen and oxygen atoms in total. The summed E-state index contributed by atoms with van der Waals surface area (Å²) in [5.41, 5.74) is 5.11. The summed E-state index contributed by atoms with van der Waals surface area (Å²) in [6, 6.07) is 7.03. The number of nitrogens with one attached hydrogen (secondary N) is 1. The van der Waals surface area contributed by atoms with Crippen LogP contribution in [0.15, 0.2) is 41.1 Å². The van der Waals surface area contributed by atoms with E-state index in [9.17, 15) is 4.39 Å². The highest BCUT2D eigenvalue weighted by Gasteiger charge is 2.16. The molecule has 0 spiro atoms. The fraction of sp³-hybridized carbons (Fsp3) is 0.154. The molecule has 0 fully saturated rings. The zero-order valence-electron chi connectivity index (χ0n) is 9.82. The van der Waals surface area contributed by atoms with E-state index in [1.54, 1.807) is 12.3 Å². The average Bonchev–Trinajstić information content (AvgIpc) is 2.37. The topological polar surface area (TPSA) is 50.9 Å².